The molecule has 0 fully saturated rings. The molecule has 88 valence electrons. The second kappa shape index (κ2) is 4.72. The zero-order valence-corrected chi connectivity index (χ0v) is 10.2. The van der Waals surface area contributed by atoms with Crippen LogP contribution in [0.5, 0.6) is 0 Å². The monoisotopic (exact) mass is 271 g/mol. The van der Waals surface area contributed by atoms with Crippen LogP contribution in [0.15, 0.2) is 33.1 Å². The predicted molar refractivity (Wildman–Crippen MR) is 61.3 cm³/mol. The number of hydrogen-bond acceptors (Lipinski definition) is 6. The second-order valence-corrected chi connectivity index (χ2v) is 4.46. The van der Waals surface area contributed by atoms with Gasteiger partial charge in [0.1, 0.15) is 16.4 Å². The van der Waals surface area contributed by atoms with Gasteiger partial charge in [0.25, 0.3) is 10.9 Å². The number of oxazole rings is 1. The van der Waals surface area contributed by atoms with Crippen molar-refractivity contribution >= 4 is 29.1 Å². The number of nitrogens with zero attached hydrogens (tertiary/aromatic N) is 3. The van der Waals surface area contributed by atoms with Gasteiger partial charge >= 0.3 is 0 Å². The largest absolute Gasteiger partial charge is 0.439 e. The first kappa shape index (κ1) is 11.9. The molecule has 0 aliphatic heterocycles. The summed E-state index contributed by atoms with van der Waals surface area (Å²) < 4.78 is 5.11. The molecule has 2 aromatic rings. The normalized spacial score (nSPS) is 10.5. The molecule has 0 aliphatic carbocycles. The van der Waals surface area contributed by atoms with Gasteiger partial charge in [0, 0.05) is 6.07 Å². The van der Waals surface area contributed by atoms with Gasteiger partial charge in [-0.15, -0.1) is 0 Å². The Bertz CT molecular complexity index is 572. The van der Waals surface area contributed by atoms with E-state index in [4.69, 9.17) is 16.0 Å². The summed E-state index contributed by atoms with van der Waals surface area (Å²) in [7, 11) is 0. The van der Waals surface area contributed by atoms with Crippen molar-refractivity contribution in [3.63, 3.8) is 0 Å². The average molecular weight is 272 g/mol. The molecule has 2 rings (SSSR count). The molecule has 2 heterocycles. The highest BCUT2D eigenvalue weighted by Crippen LogP contribution is 2.29. The molecule has 0 aromatic carbocycles. The van der Waals surface area contributed by atoms with E-state index >= 15 is 0 Å². The first-order chi connectivity index (χ1) is 8.04. The maximum absolute atomic E-state index is 10.6. The van der Waals surface area contributed by atoms with E-state index in [-0.39, 0.29) is 10.8 Å². The van der Waals surface area contributed by atoms with Crippen LogP contribution in [0.2, 0.25) is 5.15 Å². The predicted octanol–water partition coefficient (Wildman–Crippen LogP) is 3.09. The molecule has 0 saturated heterocycles. The number of rotatable bonds is 3. The fourth-order valence-corrected chi connectivity index (χ4v) is 2.13. The fraction of sp³-hybridized carbons (Fsp3) is 0.111. The van der Waals surface area contributed by atoms with Crippen LogP contribution in [0.25, 0.3) is 0 Å². The third kappa shape index (κ3) is 2.95. The van der Waals surface area contributed by atoms with E-state index in [1.807, 2.05) is 0 Å². The Kier molecular flexibility index (Phi) is 3.30. The Labute approximate surface area is 105 Å². The first-order valence-electron chi connectivity index (χ1n) is 4.46. The minimum atomic E-state index is -0.529. The van der Waals surface area contributed by atoms with Crippen molar-refractivity contribution < 1.29 is 9.34 Å². The summed E-state index contributed by atoms with van der Waals surface area (Å²) in [6, 6.07) is 2.50. The molecule has 17 heavy (non-hydrogen) atoms. The molecule has 6 nitrogen and oxygen atoms in total. The van der Waals surface area contributed by atoms with Gasteiger partial charge in [-0.1, -0.05) is 11.6 Å². The third-order valence-corrected chi connectivity index (χ3v) is 2.73. The zero-order chi connectivity index (χ0) is 12.4. The van der Waals surface area contributed by atoms with Crippen LogP contribution in [0.3, 0.4) is 0 Å². The standard InChI is InChI=1S/C9H6ClN3O3S/c1-5-4-16-9(11-5)17-8-3-6(13(14)15)2-7(10)12-8/h2-4H,1H3. The molecule has 2 aromatic heterocycles. The Morgan fingerprint density at radius 2 is 2.24 bits per heavy atom. The minimum Gasteiger partial charge on any atom is -0.439 e. The van der Waals surface area contributed by atoms with Gasteiger partial charge in [0.15, 0.2) is 0 Å². The van der Waals surface area contributed by atoms with Crippen molar-refractivity contribution in [1.82, 2.24) is 9.97 Å². The summed E-state index contributed by atoms with van der Waals surface area (Å²) in [6.45, 7) is 1.78. The van der Waals surface area contributed by atoms with Crippen LogP contribution in [-0.4, -0.2) is 14.9 Å². The average Bonchev–Trinajstić information content (AvgIpc) is 2.63. The highest BCUT2D eigenvalue weighted by atomic mass is 35.5. The van der Waals surface area contributed by atoms with E-state index in [0.717, 1.165) is 17.5 Å². The molecule has 0 spiro atoms. The highest BCUT2D eigenvalue weighted by molar-refractivity contribution is 7.99. The minimum absolute atomic E-state index is 0.0602. The smallest absolute Gasteiger partial charge is 0.275 e. The SMILES string of the molecule is Cc1coc(Sc2cc([N+](=O)[O-])cc(Cl)n2)n1. The lowest BCUT2D eigenvalue weighted by Crippen LogP contribution is -1.90. The zero-order valence-electron chi connectivity index (χ0n) is 8.58. The molecule has 0 atom stereocenters. The Balaban J connectivity index is 2.29. The van der Waals surface area contributed by atoms with Gasteiger partial charge < -0.3 is 4.42 Å². The van der Waals surface area contributed by atoms with Gasteiger partial charge in [-0.05, 0) is 18.7 Å². The van der Waals surface area contributed by atoms with Crippen LogP contribution in [0, 0.1) is 17.0 Å². The van der Waals surface area contributed by atoms with Crippen molar-refractivity contribution in [1.29, 1.82) is 0 Å². The van der Waals surface area contributed by atoms with E-state index in [1.165, 1.54) is 18.4 Å². The van der Waals surface area contributed by atoms with Gasteiger partial charge in [-0.3, -0.25) is 10.1 Å². The van der Waals surface area contributed by atoms with Crippen LogP contribution < -0.4 is 0 Å². The van der Waals surface area contributed by atoms with Crippen LogP contribution >= 0.6 is 23.4 Å². The van der Waals surface area contributed by atoms with Crippen LogP contribution in [0.1, 0.15) is 5.69 Å². The molecule has 0 N–H and O–H groups in total. The molecule has 0 radical (unpaired) electrons. The van der Waals surface area contributed by atoms with E-state index in [0.29, 0.717) is 10.2 Å². The molecular weight excluding hydrogens is 266 g/mol. The van der Waals surface area contributed by atoms with Crippen LogP contribution in [0.4, 0.5) is 5.69 Å². The lowest BCUT2D eigenvalue weighted by atomic mass is 10.4. The van der Waals surface area contributed by atoms with Crippen molar-refractivity contribution in [2.24, 2.45) is 0 Å². The quantitative estimate of drug-likeness (QED) is 0.485. The molecule has 0 amide bonds. The topological polar surface area (TPSA) is 82.1 Å². The Morgan fingerprint density at radius 3 is 2.82 bits per heavy atom. The Hall–Kier alpha value is -1.60. The van der Waals surface area contributed by atoms with Crippen molar-refractivity contribution in [2.75, 3.05) is 0 Å². The summed E-state index contributed by atoms with van der Waals surface area (Å²) in [5, 5.41) is 11.4. The number of hydrogen-bond donors (Lipinski definition) is 0. The maximum Gasteiger partial charge on any atom is 0.275 e. The molecule has 0 saturated carbocycles. The number of pyridine rings is 1. The maximum atomic E-state index is 10.6. The summed E-state index contributed by atoms with van der Waals surface area (Å²) in [4.78, 5) is 18.1. The summed E-state index contributed by atoms with van der Waals surface area (Å²) >= 11 is 6.76. The fourth-order valence-electron chi connectivity index (χ4n) is 1.09. The van der Waals surface area contributed by atoms with Gasteiger partial charge in [0.05, 0.1) is 16.7 Å². The van der Waals surface area contributed by atoms with Gasteiger partial charge in [0.2, 0.25) is 0 Å². The Morgan fingerprint density at radius 1 is 1.47 bits per heavy atom. The third-order valence-electron chi connectivity index (χ3n) is 1.76. The van der Waals surface area contributed by atoms with Crippen LogP contribution in [-0.2, 0) is 0 Å². The van der Waals surface area contributed by atoms with Crippen molar-refractivity contribution in [2.45, 2.75) is 17.2 Å². The summed E-state index contributed by atoms with van der Waals surface area (Å²) in [5.41, 5.74) is 0.611. The number of halogens is 1. The number of aromatic nitrogens is 2. The molecular formula is C9H6ClN3O3S. The van der Waals surface area contributed by atoms with Crippen molar-refractivity contribution in [3.05, 3.63) is 39.4 Å². The van der Waals surface area contributed by atoms with Gasteiger partial charge in [-0.25, -0.2) is 9.97 Å². The van der Waals surface area contributed by atoms with E-state index in [2.05, 4.69) is 9.97 Å². The number of aryl methyl sites for hydroxylation is 1. The highest BCUT2D eigenvalue weighted by Gasteiger charge is 2.13. The van der Waals surface area contributed by atoms with Crippen molar-refractivity contribution in [3.8, 4) is 0 Å². The number of nitro groups is 1. The first-order valence-corrected chi connectivity index (χ1v) is 5.66. The second-order valence-electron chi connectivity index (χ2n) is 3.10. The lowest BCUT2D eigenvalue weighted by Gasteiger charge is -1.97. The molecule has 0 bridgehead atoms. The summed E-state index contributed by atoms with van der Waals surface area (Å²) in [6.07, 6.45) is 1.49. The van der Waals surface area contributed by atoms with E-state index in [9.17, 15) is 10.1 Å². The van der Waals surface area contributed by atoms with Gasteiger partial charge in [-0.2, -0.15) is 0 Å². The van der Waals surface area contributed by atoms with E-state index < -0.39 is 4.92 Å². The summed E-state index contributed by atoms with van der Waals surface area (Å²) in [5.74, 6) is 0. The molecule has 0 aliphatic rings. The van der Waals surface area contributed by atoms with E-state index in [1.54, 1.807) is 6.92 Å². The lowest BCUT2D eigenvalue weighted by molar-refractivity contribution is -0.385. The molecule has 0 unspecified atom stereocenters. The molecule has 8 heteroatoms.